The van der Waals surface area contributed by atoms with Crippen molar-refractivity contribution in [2.24, 2.45) is 5.11 Å². The van der Waals surface area contributed by atoms with Crippen LogP contribution in [-0.2, 0) is 9.53 Å². The molecular formula is C15H14N4O7. The molecule has 0 unspecified atom stereocenters. The number of azide groups is 1. The summed E-state index contributed by atoms with van der Waals surface area (Å²) in [6.45, 7) is -0.423. The fourth-order valence-corrected chi connectivity index (χ4v) is 3.19. The van der Waals surface area contributed by atoms with Crippen molar-refractivity contribution in [1.29, 1.82) is 0 Å². The van der Waals surface area contributed by atoms with E-state index in [4.69, 9.17) is 10.3 Å². The molecule has 0 radical (unpaired) electrons. The van der Waals surface area contributed by atoms with Crippen molar-refractivity contribution < 1.29 is 34.4 Å². The van der Waals surface area contributed by atoms with E-state index in [9.17, 15) is 29.7 Å². The number of aliphatic carboxylic acids is 1. The second-order valence-corrected chi connectivity index (χ2v) is 5.84. The molecule has 11 nitrogen and oxygen atoms in total. The third-order valence-electron chi connectivity index (χ3n) is 4.40. The number of aliphatic hydroxyl groups is 2. The Labute approximate surface area is 146 Å². The molecule has 0 spiro atoms. The minimum atomic E-state index is -1.80. The fraction of sp³-hybridized carbons (Fsp3) is 0.400. The number of fused-ring (bicyclic) bond motifs is 1. The van der Waals surface area contributed by atoms with Crippen LogP contribution in [-0.4, -0.2) is 75.0 Å². The summed E-state index contributed by atoms with van der Waals surface area (Å²) < 4.78 is 5.23. The molecule has 0 bridgehead atoms. The fourth-order valence-electron chi connectivity index (χ4n) is 3.19. The number of hydrogen-bond acceptors (Lipinski definition) is 7. The number of carboxylic acids is 1. The zero-order valence-corrected chi connectivity index (χ0v) is 13.2. The summed E-state index contributed by atoms with van der Waals surface area (Å²) >= 11 is 0. The third-order valence-corrected chi connectivity index (χ3v) is 4.40. The Morgan fingerprint density at radius 1 is 1.19 bits per heavy atom. The SMILES string of the molecule is [N-]=[N+]=NC[C@H]1O[C@@H](C(=O)O)[C@H](N2C(=O)c3ccccc3C2=O)[C@@H](O)[C@@H]1O. The second kappa shape index (κ2) is 6.73. The molecule has 0 saturated carbocycles. The summed E-state index contributed by atoms with van der Waals surface area (Å²) in [5.74, 6) is -3.11. The highest BCUT2D eigenvalue weighted by Gasteiger charge is 2.54. The first-order valence-corrected chi connectivity index (χ1v) is 7.60. The first-order valence-electron chi connectivity index (χ1n) is 7.60. The van der Waals surface area contributed by atoms with Crippen LogP contribution in [0.25, 0.3) is 10.4 Å². The Morgan fingerprint density at radius 2 is 1.77 bits per heavy atom. The maximum Gasteiger partial charge on any atom is 0.335 e. The minimum absolute atomic E-state index is 0.0690. The van der Waals surface area contributed by atoms with Crippen LogP contribution < -0.4 is 0 Å². The molecule has 26 heavy (non-hydrogen) atoms. The van der Waals surface area contributed by atoms with Crippen LogP contribution in [0.15, 0.2) is 29.4 Å². The Bertz CT molecular complexity index is 787. The number of carbonyl (C=O) groups excluding carboxylic acids is 2. The van der Waals surface area contributed by atoms with Gasteiger partial charge in [-0.05, 0) is 17.7 Å². The highest BCUT2D eigenvalue weighted by Crippen LogP contribution is 2.32. The molecule has 1 aromatic carbocycles. The van der Waals surface area contributed by atoms with Gasteiger partial charge in [-0.1, -0.05) is 17.2 Å². The molecule has 1 fully saturated rings. The van der Waals surface area contributed by atoms with Crippen molar-refractivity contribution in [1.82, 2.24) is 4.90 Å². The normalized spacial score (nSPS) is 30.7. The van der Waals surface area contributed by atoms with Crippen LogP contribution in [0.1, 0.15) is 20.7 Å². The highest BCUT2D eigenvalue weighted by atomic mass is 16.5. The van der Waals surface area contributed by atoms with Gasteiger partial charge >= 0.3 is 5.97 Å². The molecule has 2 heterocycles. The van der Waals surface area contributed by atoms with Crippen LogP contribution in [0.3, 0.4) is 0 Å². The van der Waals surface area contributed by atoms with Gasteiger partial charge in [0.1, 0.15) is 18.2 Å². The van der Waals surface area contributed by atoms with E-state index in [2.05, 4.69) is 10.0 Å². The van der Waals surface area contributed by atoms with Crippen LogP contribution >= 0.6 is 0 Å². The molecule has 5 atom stereocenters. The Morgan fingerprint density at radius 3 is 2.27 bits per heavy atom. The van der Waals surface area contributed by atoms with Gasteiger partial charge in [-0.3, -0.25) is 14.5 Å². The number of imide groups is 1. The van der Waals surface area contributed by atoms with Gasteiger partial charge < -0.3 is 20.1 Å². The summed E-state index contributed by atoms with van der Waals surface area (Å²) in [6, 6.07) is 4.25. The highest BCUT2D eigenvalue weighted by molar-refractivity contribution is 6.21. The lowest BCUT2D eigenvalue weighted by Crippen LogP contribution is -2.66. The predicted octanol–water partition coefficient (Wildman–Crippen LogP) is -0.465. The molecule has 3 N–H and O–H groups in total. The number of aliphatic hydroxyl groups excluding tert-OH is 2. The van der Waals surface area contributed by atoms with Crippen molar-refractivity contribution in [2.45, 2.75) is 30.5 Å². The van der Waals surface area contributed by atoms with Crippen LogP contribution in [0.2, 0.25) is 0 Å². The monoisotopic (exact) mass is 362 g/mol. The largest absolute Gasteiger partial charge is 0.479 e. The summed E-state index contributed by atoms with van der Waals surface area (Å²) in [5, 5.41) is 33.2. The Hall–Kier alpha value is -2.98. The molecule has 136 valence electrons. The van der Waals surface area contributed by atoms with E-state index in [1.165, 1.54) is 12.1 Å². The molecule has 2 aliphatic heterocycles. The number of hydrogen-bond donors (Lipinski definition) is 3. The number of rotatable bonds is 4. The molecule has 0 aromatic heterocycles. The standard InChI is InChI=1S/C15H14N4O7/c16-18-17-5-8-10(20)11(21)9(12(26-8)15(24)25)19-13(22)6-3-1-2-4-7(6)14(19)23/h1-4,8-12,20-21H,5H2,(H,24,25)/t8-,9-,10-,11-,12-/m1/s1. The number of nitrogens with zero attached hydrogens (tertiary/aromatic N) is 4. The summed E-state index contributed by atoms with van der Waals surface area (Å²) in [4.78, 5) is 39.9. The Balaban J connectivity index is 1.98. The van der Waals surface area contributed by atoms with Gasteiger partial charge in [0.15, 0.2) is 6.10 Å². The van der Waals surface area contributed by atoms with Crippen molar-refractivity contribution in [3.63, 3.8) is 0 Å². The average Bonchev–Trinajstić information content (AvgIpc) is 2.87. The number of amides is 2. The maximum absolute atomic E-state index is 12.6. The topological polar surface area (TPSA) is 173 Å². The smallest absolute Gasteiger partial charge is 0.335 e. The van der Waals surface area contributed by atoms with Crippen molar-refractivity contribution in [3.8, 4) is 0 Å². The number of carbonyl (C=O) groups is 3. The zero-order chi connectivity index (χ0) is 19.0. The lowest BCUT2D eigenvalue weighted by molar-refractivity contribution is -0.205. The van der Waals surface area contributed by atoms with E-state index in [1.54, 1.807) is 12.1 Å². The van der Waals surface area contributed by atoms with Crippen LogP contribution in [0, 0.1) is 0 Å². The van der Waals surface area contributed by atoms with E-state index >= 15 is 0 Å². The lowest BCUT2D eigenvalue weighted by atomic mass is 9.91. The van der Waals surface area contributed by atoms with Gasteiger partial charge in [0, 0.05) is 4.91 Å². The molecule has 2 aliphatic rings. The Kier molecular flexibility index (Phi) is 4.62. The molecular weight excluding hydrogens is 348 g/mol. The van der Waals surface area contributed by atoms with E-state index in [1.807, 2.05) is 0 Å². The van der Waals surface area contributed by atoms with Gasteiger partial charge in [0.2, 0.25) is 0 Å². The van der Waals surface area contributed by atoms with Crippen molar-refractivity contribution in [2.75, 3.05) is 6.54 Å². The summed E-state index contributed by atoms with van der Waals surface area (Å²) in [7, 11) is 0. The molecule has 3 rings (SSSR count). The zero-order valence-electron chi connectivity index (χ0n) is 13.2. The number of carboxylic acid groups (broad SMARTS) is 1. The predicted molar refractivity (Wildman–Crippen MR) is 83.1 cm³/mol. The lowest BCUT2D eigenvalue weighted by Gasteiger charge is -2.43. The van der Waals surface area contributed by atoms with E-state index in [0.29, 0.717) is 4.90 Å². The van der Waals surface area contributed by atoms with Gasteiger partial charge in [-0.25, -0.2) is 4.79 Å². The van der Waals surface area contributed by atoms with Crippen LogP contribution in [0.4, 0.5) is 0 Å². The number of benzene rings is 1. The first kappa shape index (κ1) is 17.8. The second-order valence-electron chi connectivity index (χ2n) is 5.84. The molecule has 1 saturated heterocycles. The van der Waals surface area contributed by atoms with Gasteiger partial charge in [0.25, 0.3) is 11.8 Å². The van der Waals surface area contributed by atoms with Gasteiger partial charge in [-0.2, -0.15) is 0 Å². The minimum Gasteiger partial charge on any atom is -0.479 e. The molecule has 2 amide bonds. The van der Waals surface area contributed by atoms with E-state index in [0.717, 1.165) is 0 Å². The third kappa shape index (κ3) is 2.68. The maximum atomic E-state index is 12.6. The molecule has 0 aliphatic carbocycles. The van der Waals surface area contributed by atoms with E-state index in [-0.39, 0.29) is 11.1 Å². The van der Waals surface area contributed by atoms with Gasteiger partial charge in [-0.15, -0.1) is 0 Å². The summed E-state index contributed by atoms with van der Waals surface area (Å²) in [6.07, 6.45) is -6.56. The summed E-state index contributed by atoms with van der Waals surface area (Å²) in [5.41, 5.74) is 8.50. The first-order chi connectivity index (χ1) is 12.4. The van der Waals surface area contributed by atoms with Crippen molar-refractivity contribution in [3.05, 3.63) is 45.8 Å². The van der Waals surface area contributed by atoms with Gasteiger partial charge in [0.05, 0.1) is 23.8 Å². The van der Waals surface area contributed by atoms with E-state index < -0.39 is 54.8 Å². The number of ether oxygens (including phenoxy) is 1. The average molecular weight is 362 g/mol. The van der Waals surface area contributed by atoms with Crippen molar-refractivity contribution >= 4 is 17.8 Å². The quantitative estimate of drug-likeness (QED) is 0.281. The molecule has 11 heteroatoms. The van der Waals surface area contributed by atoms with Crippen LogP contribution in [0.5, 0.6) is 0 Å². The molecule has 1 aromatic rings.